The summed E-state index contributed by atoms with van der Waals surface area (Å²) in [6, 6.07) is 9.80. The van der Waals surface area contributed by atoms with Crippen molar-refractivity contribution in [3.8, 4) is 0 Å². The number of fused-ring (bicyclic) bond motifs is 4. The van der Waals surface area contributed by atoms with Crippen LogP contribution in [-0.4, -0.2) is 34.5 Å². The van der Waals surface area contributed by atoms with Crippen LogP contribution in [-0.2, 0) is 14.3 Å². The summed E-state index contributed by atoms with van der Waals surface area (Å²) < 4.78 is 13.1. The van der Waals surface area contributed by atoms with E-state index in [1.807, 2.05) is 30.3 Å². The fraction of sp³-hybridized carbons (Fsp3) is 0.593. The van der Waals surface area contributed by atoms with Crippen LogP contribution in [0.4, 0.5) is 0 Å². The van der Waals surface area contributed by atoms with Crippen LogP contribution in [0.2, 0.25) is 0 Å². The van der Waals surface area contributed by atoms with Gasteiger partial charge >= 0.3 is 5.97 Å². The second kappa shape index (κ2) is 7.90. The zero-order chi connectivity index (χ0) is 21.6. The molecule has 4 heteroatoms. The normalized spacial score (nSPS) is 38.0. The number of carbonyl (C=O) groups excluding carboxylic acids is 1. The maximum Gasteiger partial charge on any atom is 0.331 e. The van der Waals surface area contributed by atoms with Crippen molar-refractivity contribution in [1.82, 2.24) is 0 Å². The Morgan fingerprint density at radius 1 is 1.16 bits per heavy atom. The van der Waals surface area contributed by atoms with Gasteiger partial charge in [-0.3, -0.25) is 0 Å². The molecular weight excluding hydrogens is 388 g/mol. The van der Waals surface area contributed by atoms with E-state index in [9.17, 15) is 9.90 Å². The maximum absolute atomic E-state index is 13.0. The van der Waals surface area contributed by atoms with E-state index in [0.29, 0.717) is 12.3 Å². The lowest BCUT2D eigenvalue weighted by Gasteiger charge is -2.52. The summed E-state index contributed by atoms with van der Waals surface area (Å²) in [4.78, 5) is 13.0. The number of rotatable bonds is 4. The first-order valence-electron chi connectivity index (χ1n) is 12.0. The summed E-state index contributed by atoms with van der Waals surface area (Å²) in [6.45, 7) is 4.25. The van der Waals surface area contributed by atoms with E-state index in [1.165, 1.54) is 36.5 Å². The van der Waals surface area contributed by atoms with Crippen molar-refractivity contribution in [1.29, 1.82) is 0 Å². The molecular formula is C27H34O4. The average molecular weight is 423 g/mol. The minimum absolute atomic E-state index is 0.123. The summed E-state index contributed by atoms with van der Waals surface area (Å²) in [6.07, 6.45) is 10.7. The van der Waals surface area contributed by atoms with Gasteiger partial charge < -0.3 is 14.6 Å². The molecule has 0 radical (unpaired) electrons. The third kappa shape index (κ3) is 3.39. The SMILES string of the molecule is CC1=C2C(CC1)C1(C)OC(C3CCCCC3)(CC1O)C2OC(=O)/C=C/c1ccccc1. The van der Waals surface area contributed by atoms with Crippen LogP contribution in [0.1, 0.15) is 70.8 Å². The standard InChI is InChI=1S/C27H34O4/c1-18-13-15-21-24(18)25(30-23(29)16-14-19-9-5-3-6-10-19)27(20-11-7-4-8-12-20)17-22(28)26(21,2)31-27/h3,5-6,9-10,14,16,20-22,25,28H,4,7-8,11-13,15,17H2,1-2H3/b16-14+. The molecule has 1 saturated carbocycles. The predicted molar refractivity (Wildman–Crippen MR) is 120 cm³/mol. The number of hydrogen-bond donors (Lipinski definition) is 1. The van der Waals surface area contributed by atoms with Crippen molar-refractivity contribution in [3.05, 3.63) is 53.1 Å². The number of aliphatic hydroxyl groups is 1. The zero-order valence-corrected chi connectivity index (χ0v) is 18.7. The van der Waals surface area contributed by atoms with E-state index >= 15 is 0 Å². The summed E-state index contributed by atoms with van der Waals surface area (Å²) in [5, 5.41) is 11.2. The average Bonchev–Trinajstić information content (AvgIpc) is 3.29. The van der Waals surface area contributed by atoms with Crippen LogP contribution in [0.15, 0.2) is 47.6 Å². The van der Waals surface area contributed by atoms with E-state index < -0.39 is 23.4 Å². The molecule has 1 aromatic rings. The Kier molecular flexibility index (Phi) is 5.34. The van der Waals surface area contributed by atoms with Crippen molar-refractivity contribution in [3.63, 3.8) is 0 Å². The number of esters is 1. The Balaban J connectivity index is 1.50. The van der Waals surface area contributed by atoms with Crippen LogP contribution in [0.3, 0.4) is 0 Å². The molecule has 31 heavy (non-hydrogen) atoms. The van der Waals surface area contributed by atoms with Crippen molar-refractivity contribution in [2.45, 2.75) is 88.6 Å². The van der Waals surface area contributed by atoms with Crippen molar-refractivity contribution in [2.24, 2.45) is 11.8 Å². The van der Waals surface area contributed by atoms with E-state index in [1.54, 1.807) is 6.08 Å². The van der Waals surface area contributed by atoms with E-state index in [4.69, 9.17) is 9.47 Å². The number of benzene rings is 1. The highest BCUT2D eigenvalue weighted by Crippen LogP contribution is 2.62. The van der Waals surface area contributed by atoms with E-state index in [2.05, 4.69) is 13.8 Å². The lowest BCUT2D eigenvalue weighted by atomic mass is 9.69. The quantitative estimate of drug-likeness (QED) is 0.411. The lowest BCUT2D eigenvalue weighted by Crippen LogP contribution is -2.59. The summed E-state index contributed by atoms with van der Waals surface area (Å²) >= 11 is 0. The third-order valence-electron chi connectivity index (χ3n) is 8.42. The monoisotopic (exact) mass is 422 g/mol. The largest absolute Gasteiger partial charge is 0.452 e. The van der Waals surface area contributed by atoms with Crippen LogP contribution in [0.25, 0.3) is 6.08 Å². The molecule has 5 atom stereocenters. The molecule has 3 fully saturated rings. The Bertz CT molecular complexity index is 897. The van der Waals surface area contributed by atoms with Crippen molar-refractivity contribution >= 4 is 12.0 Å². The molecule has 0 spiro atoms. The Labute approximate surface area is 185 Å². The molecule has 4 nitrogen and oxygen atoms in total. The molecule has 4 aliphatic rings. The predicted octanol–water partition coefficient (Wildman–Crippen LogP) is 5.21. The highest BCUT2D eigenvalue weighted by Gasteiger charge is 2.69. The van der Waals surface area contributed by atoms with Crippen LogP contribution < -0.4 is 0 Å². The number of carbonyl (C=O) groups is 1. The summed E-state index contributed by atoms with van der Waals surface area (Å²) in [5.41, 5.74) is 2.34. The van der Waals surface area contributed by atoms with E-state index in [-0.39, 0.29) is 11.9 Å². The molecule has 1 N–H and O–H groups in total. The second-order valence-electron chi connectivity index (χ2n) is 10.2. The smallest absolute Gasteiger partial charge is 0.331 e. The van der Waals surface area contributed by atoms with Crippen molar-refractivity contribution < 1.29 is 19.4 Å². The fourth-order valence-corrected chi connectivity index (χ4v) is 6.81. The van der Waals surface area contributed by atoms with Gasteiger partial charge in [-0.05, 0) is 62.7 Å². The van der Waals surface area contributed by atoms with Crippen LogP contribution >= 0.6 is 0 Å². The number of ether oxygens (including phenoxy) is 2. The highest BCUT2D eigenvalue weighted by atomic mass is 16.6. The number of aliphatic hydroxyl groups excluding tert-OH is 1. The maximum atomic E-state index is 13.0. The van der Waals surface area contributed by atoms with Crippen LogP contribution in [0.5, 0.6) is 0 Å². The zero-order valence-electron chi connectivity index (χ0n) is 18.7. The van der Waals surface area contributed by atoms with Gasteiger partial charge in [-0.1, -0.05) is 55.2 Å². The Morgan fingerprint density at radius 3 is 2.65 bits per heavy atom. The fourth-order valence-electron chi connectivity index (χ4n) is 6.81. The topological polar surface area (TPSA) is 55.8 Å². The highest BCUT2D eigenvalue weighted by molar-refractivity contribution is 5.87. The van der Waals surface area contributed by atoms with Gasteiger partial charge in [0.25, 0.3) is 0 Å². The van der Waals surface area contributed by atoms with Gasteiger partial charge in [-0.25, -0.2) is 4.79 Å². The number of allylic oxidation sites excluding steroid dienone is 1. The minimum atomic E-state index is -0.609. The minimum Gasteiger partial charge on any atom is -0.452 e. The molecule has 2 aliphatic carbocycles. The van der Waals surface area contributed by atoms with Crippen molar-refractivity contribution in [2.75, 3.05) is 0 Å². The molecule has 2 bridgehead atoms. The van der Waals surface area contributed by atoms with Gasteiger partial charge in [0.1, 0.15) is 5.60 Å². The molecule has 5 unspecified atom stereocenters. The summed E-state index contributed by atoms with van der Waals surface area (Å²) in [5.74, 6) is 0.108. The molecule has 0 amide bonds. The first-order valence-corrected chi connectivity index (χ1v) is 12.0. The lowest BCUT2D eigenvalue weighted by molar-refractivity contribution is -0.227. The first-order chi connectivity index (χ1) is 14.9. The van der Waals surface area contributed by atoms with Gasteiger partial charge in [0.15, 0.2) is 6.10 Å². The molecule has 5 rings (SSSR count). The first kappa shape index (κ1) is 21.0. The Morgan fingerprint density at radius 2 is 1.90 bits per heavy atom. The van der Waals surface area contributed by atoms with Gasteiger partial charge in [-0.15, -0.1) is 0 Å². The number of hydrogen-bond acceptors (Lipinski definition) is 4. The molecule has 166 valence electrons. The van der Waals surface area contributed by atoms with Gasteiger partial charge in [0.2, 0.25) is 0 Å². The Hall–Kier alpha value is -1.91. The van der Waals surface area contributed by atoms with Crippen LogP contribution in [0, 0.1) is 11.8 Å². The molecule has 2 heterocycles. The van der Waals surface area contributed by atoms with Gasteiger partial charge in [0.05, 0.1) is 11.7 Å². The molecule has 0 aromatic heterocycles. The van der Waals surface area contributed by atoms with Gasteiger partial charge in [0, 0.05) is 18.4 Å². The molecule has 2 saturated heterocycles. The second-order valence-corrected chi connectivity index (χ2v) is 10.2. The van der Waals surface area contributed by atoms with Gasteiger partial charge in [-0.2, -0.15) is 0 Å². The van der Waals surface area contributed by atoms with E-state index in [0.717, 1.165) is 31.2 Å². The molecule has 2 aliphatic heterocycles. The summed E-state index contributed by atoms with van der Waals surface area (Å²) in [7, 11) is 0. The third-order valence-corrected chi connectivity index (χ3v) is 8.42. The molecule has 1 aromatic carbocycles.